The van der Waals surface area contributed by atoms with Crippen LogP contribution in [0.15, 0.2) is 24.4 Å². The van der Waals surface area contributed by atoms with Crippen molar-refractivity contribution in [2.45, 2.75) is 12.8 Å². The zero-order valence-corrected chi connectivity index (χ0v) is 8.74. The van der Waals surface area contributed by atoms with Crippen LogP contribution in [0.25, 0.3) is 10.9 Å². The molecule has 1 aromatic heterocycles. The van der Waals surface area contributed by atoms with Crippen molar-refractivity contribution in [1.82, 2.24) is 4.98 Å². The summed E-state index contributed by atoms with van der Waals surface area (Å²) in [4.78, 5) is 13.1. The van der Waals surface area contributed by atoms with Gasteiger partial charge in [-0.1, -0.05) is 6.92 Å². The molecule has 1 atom stereocenters. The van der Waals surface area contributed by atoms with Crippen LogP contribution in [-0.4, -0.2) is 16.5 Å². The van der Waals surface area contributed by atoms with Crippen molar-refractivity contribution < 1.29 is 9.31 Å². The van der Waals surface area contributed by atoms with Gasteiger partial charge in [0.15, 0.2) is 0 Å². The number of aromatic nitrogens is 1. The second kappa shape index (κ2) is 3.92. The van der Waals surface area contributed by atoms with Crippen molar-refractivity contribution in [3.63, 3.8) is 0 Å². The molecule has 0 aliphatic heterocycles. The second-order valence-electron chi connectivity index (χ2n) is 3.85. The fourth-order valence-corrected chi connectivity index (χ4v) is 1.84. The van der Waals surface area contributed by atoms with Gasteiger partial charge < -0.3 is 4.98 Å². The highest BCUT2D eigenvalue weighted by Crippen LogP contribution is 2.26. The van der Waals surface area contributed by atoms with Gasteiger partial charge in [-0.2, -0.15) is 0 Å². The number of nitro groups is 1. The van der Waals surface area contributed by atoms with E-state index < -0.39 is 0 Å². The third kappa shape index (κ3) is 1.88. The standard InChI is InChI=1S/C11H11FN2O2/c1-7(6-14(15)16)10-5-13-11-3-2-8(12)4-9(10)11/h2-5,7,13H,6H2,1H3. The van der Waals surface area contributed by atoms with Gasteiger partial charge in [0.1, 0.15) is 5.82 Å². The number of fused-ring (bicyclic) bond motifs is 1. The molecule has 1 heterocycles. The van der Waals surface area contributed by atoms with Crippen LogP contribution in [0.4, 0.5) is 4.39 Å². The molecule has 2 aromatic rings. The van der Waals surface area contributed by atoms with Crippen molar-refractivity contribution in [2.75, 3.05) is 6.54 Å². The van der Waals surface area contributed by atoms with Gasteiger partial charge >= 0.3 is 0 Å². The highest BCUT2D eigenvalue weighted by Gasteiger charge is 2.16. The molecule has 2 rings (SSSR count). The van der Waals surface area contributed by atoms with E-state index in [1.807, 2.05) is 0 Å². The fraction of sp³-hybridized carbons (Fsp3) is 0.273. The number of nitrogens with zero attached hydrogens (tertiary/aromatic N) is 1. The van der Waals surface area contributed by atoms with Crippen LogP contribution in [0, 0.1) is 15.9 Å². The highest BCUT2D eigenvalue weighted by atomic mass is 19.1. The number of H-pyrrole nitrogens is 1. The average molecular weight is 222 g/mol. The molecule has 84 valence electrons. The summed E-state index contributed by atoms with van der Waals surface area (Å²) < 4.78 is 13.1. The Morgan fingerprint density at radius 2 is 2.31 bits per heavy atom. The van der Waals surface area contributed by atoms with E-state index in [2.05, 4.69) is 4.98 Å². The molecule has 0 saturated carbocycles. The molecule has 0 aliphatic carbocycles. The number of benzene rings is 1. The largest absolute Gasteiger partial charge is 0.361 e. The first-order valence-corrected chi connectivity index (χ1v) is 4.96. The van der Waals surface area contributed by atoms with E-state index in [1.54, 1.807) is 19.2 Å². The maximum Gasteiger partial charge on any atom is 0.210 e. The first-order chi connectivity index (χ1) is 7.58. The van der Waals surface area contributed by atoms with Crippen LogP contribution in [0.3, 0.4) is 0 Å². The normalized spacial score (nSPS) is 12.9. The molecule has 16 heavy (non-hydrogen) atoms. The molecule has 5 heteroatoms. The van der Waals surface area contributed by atoms with Crippen molar-refractivity contribution in [3.05, 3.63) is 45.9 Å². The molecule has 0 saturated heterocycles. The number of rotatable bonds is 3. The van der Waals surface area contributed by atoms with Crippen molar-refractivity contribution in [2.24, 2.45) is 0 Å². The van der Waals surface area contributed by atoms with Crippen LogP contribution >= 0.6 is 0 Å². The lowest BCUT2D eigenvalue weighted by molar-refractivity contribution is -0.482. The van der Waals surface area contributed by atoms with E-state index in [-0.39, 0.29) is 23.2 Å². The number of hydrogen-bond acceptors (Lipinski definition) is 2. The highest BCUT2D eigenvalue weighted by molar-refractivity contribution is 5.83. The monoisotopic (exact) mass is 222 g/mol. The summed E-state index contributed by atoms with van der Waals surface area (Å²) in [6, 6.07) is 4.39. The van der Waals surface area contributed by atoms with E-state index in [0.717, 1.165) is 11.1 Å². The lowest BCUT2D eigenvalue weighted by atomic mass is 10.0. The zero-order chi connectivity index (χ0) is 11.7. The van der Waals surface area contributed by atoms with Gasteiger partial charge in [-0.3, -0.25) is 10.1 Å². The Labute approximate surface area is 91.2 Å². The minimum absolute atomic E-state index is 0.149. The van der Waals surface area contributed by atoms with Crippen LogP contribution in [0.5, 0.6) is 0 Å². The molecule has 0 spiro atoms. The maximum absolute atomic E-state index is 13.1. The summed E-state index contributed by atoms with van der Waals surface area (Å²) in [5.74, 6) is -0.563. The minimum atomic E-state index is -0.358. The number of halogens is 1. The Bertz CT molecular complexity index is 536. The minimum Gasteiger partial charge on any atom is -0.361 e. The quantitative estimate of drug-likeness (QED) is 0.641. The smallest absolute Gasteiger partial charge is 0.210 e. The molecule has 0 bridgehead atoms. The molecule has 0 radical (unpaired) electrons. The van der Waals surface area contributed by atoms with Gasteiger partial charge in [-0.25, -0.2) is 4.39 Å². The van der Waals surface area contributed by atoms with E-state index in [9.17, 15) is 14.5 Å². The number of aromatic amines is 1. The number of nitrogens with one attached hydrogen (secondary N) is 1. The van der Waals surface area contributed by atoms with Gasteiger partial charge in [0.25, 0.3) is 0 Å². The van der Waals surface area contributed by atoms with E-state index in [4.69, 9.17) is 0 Å². The van der Waals surface area contributed by atoms with Crippen LogP contribution in [0.2, 0.25) is 0 Å². The Morgan fingerprint density at radius 3 is 3.00 bits per heavy atom. The summed E-state index contributed by atoms with van der Waals surface area (Å²) in [6.45, 7) is 1.61. The topological polar surface area (TPSA) is 58.9 Å². The summed E-state index contributed by atoms with van der Waals surface area (Å²) in [5.41, 5.74) is 1.58. The Balaban J connectivity index is 2.44. The Kier molecular flexibility index (Phi) is 2.60. The van der Waals surface area contributed by atoms with Crippen LogP contribution in [-0.2, 0) is 0 Å². The van der Waals surface area contributed by atoms with Crippen LogP contribution < -0.4 is 0 Å². The zero-order valence-electron chi connectivity index (χ0n) is 8.74. The molecular formula is C11H11FN2O2. The van der Waals surface area contributed by atoms with Gasteiger partial charge in [0.05, 0.1) is 0 Å². The van der Waals surface area contributed by atoms with Gasteiger partial charge in [-0.15, -0.1) is 0 Å². The predicted molar refractivity (Wildman–Crippen MR) is 58.5 cm³/mol. The van der Waals surface area contributed by atoms with E-state index in [1.165, 1.54) is 12.1 Å². The average Bonchev–Trinajstić information content (AvgIpc) is 2.59. The molecule has 1 unspecified atom stereocenters. The summed E-state index contributed by atoms with van der Waals surface area (Å²) in [7, 11) is 0. The molecule has 1 N–H and O–H groups in total. The summed E-state index contributed by atoms with van der Waals surface area (Å²) >= 11 is 0. The summed E-state index contributed by atoms with van der Waals surface area (Å²) in [6.07, 6.45) is 1.71. The third-order valence-corrected chi connectivity index (χ3v) is 2.63. The number of hydrogen-bond donors (Lipinski definition) is 1. The van der Waals surface area contributed by atoms with Gasteiger partial charge in [-0.05, 0) is 23.8 Å². The second-order valence-corrected chi connectivity index (χ2v) is 3.85. The fourth-order valence-electron chi connectivity index (χ4n) is 1.84. The Hall–Kier alpha value is -1.91. The lowest BCUT2D eigenvalue weighted by Gasteiger charge is -2.04. The predicted octanol–water partition coefficient (Wildman–Crippen LogP) is 2.69. The van der Waals surface area contributed by atoms with Gasteiger partial charge in [0, 0.05) is 27.9 Å². The third-order valence-electron chi connectivity index (χ3n) is 2.63. The molecule has 4 nitrogen and oxygen atoms in total. The summed E-state index contributed by atoms with van der Waals surface area (Å²) in [5, 5.41) is 11.1. The van der Waals surface area contributed by atoms with E-state index in [0.29, 0.717) is 5.39 Å². The first kappa shape index (κ1) is 10.6. The molecule has 0 fully saturated rings. The van der Waals surface area contributed by atoms with Gasteiger partial charge in [0.2, 0.25) is 6.54 Å². The maximum atomic E-state index is 13.1. The SMILES string of the molecule is CC(C[N+](=O)[O-])c1c[nH]c2ccc(F)cc12. The van der Waals surface area contributed by atoms with Crippen molar-refractivity contribution >= 4 is 10.9 Å². The molecule has 0 aliphatic rings. The van der Waals surface area contributed by atoms with Crippen molar-refractivity contribution in [3.8, 4) is 0 Å². The van der Waals surface area contributed by atoms with E-state index >= 15 is 0 Å². The lowest BCUT2D eigenvalue weighted by Crippen LogP contribution is -2.08. The van der Waals surface area contributed by atoms with Crippen molar-refractivity contribution in [1.29, 1.82) is 0 Å². The molecule has 0 amide bonds. The molecule has 1 aromatic carbocycles. The molecular weight excluding hydrogens is 211 g/mol. The Morgan fingerprint density at radius 1 is 1.56 bits per heavy atom. The first-order valence-electron chi connectivity index (χ1n) is 4.96. The van der Waals surface area contributed by atoms with Crippen LogP contribution in [0.1, 0.15) is 18.4 Å².